The third kappa shape index (κ3) is 7.29. The summed E-state index contributed by atoms with van der Waals surface area (Å²) in [5, 5.41) is 7.52. The third-order valence-electron chi connectivity index (χ3n) is 11.7. The molecule has 0 saturated carbocycles. The lowest BCUT2D eigenvalue weighted by molar-refractivity contribution is 0.543. The maximum Gasteiger partial charge on any atom is 0.145 e. The van der Waals surface area contributed by atoms with Gasteiger partial charge in [0.15, 0.2) is 0 Å². The number of aliphatic imine (C=N–C) groups is 1. The summed E-state index contributed by atoms with van der Waals surface area (Å²) in [6, 6.07) is 73.9. The quantitative estimate of drug-likeness (QED) is 0.153. The molecule has 0 fully saturated rings. The summed E-state index contributed by atoms with van der Waals surface area (Å²) in [5.41, 5.74) is 18.4. The first-order valence-corrected chi connectivity index (χ1v) is 20.9. The smallest absolute Gasteiger partial charge is 0.145 e. The predicted octanol–water partition coefficient (Wildman–Crippen LogP) is 14.0. The Kier molecular flexibility index (Phi) is 9.88. The van der Waals surface area contributed by atoms with Crippen molar-refractivity contribution in [2.45, 2.75) is 26.2 Å². The fourth-order valence-corrected chi connectivity index (χ4v) is 8.60. The first kappa shape index (κ1) is 36.9. The summed E-state index contributed by atoms with van der Waals surface area (Å²) >= 11 is 0. The lowest BCUT2D eigenvalue weighted by Crippen LogP contribution is -2.36. The van der Waals surface area contributed by atoms with Crippen LogP contribution in [0.3, 0.4) is 0 Å². The summed E-state index contributed by atoms with van der Waals surface area (Å²) < 4.78 is 0. The van der Waals surface area contributed by atoms with Gasteiger partial charge in [-0.2, -0.15) is 0 Å². The molecule has 2 heterocycles. The maximum absolute atomic E-state index is 5.38. The molecule has 0 aromatic heterocycles. The molecule has 2 unspecified atom stereocenters. The van der Waals surface area contributed by atoms with Gasteiger partial charge in [-0.1, -0.05) is 184 Å². The molecule has 4 heteroatoms. The lowest BCUT2D eigenvalue weighted by Gasteiger charge is -2.30. The fourth-order valence-electron chi connectivity index (χ4n) is 8.60. The molecule has 2 N–H and O–H groups in total. The van der Waals surface area contributed by atoms with E-state index in [9.17, 15) is 0 Å². The van der Waals surface area contributed by atoms with Crippen LogP contribution >= 0.6 is 0 Å². The summed E-state index contributed by atoms with van der Waals surface area (Å²) in [6.45, 7) is 4.55. The van der Waals surface area contributed by atoms with Crippen LogP contribution < -0.4 is 15.5 Å². The average molecular weight is 775 g/mol. The van der Waals surface area contributed by atoms with Crippen molar-refractivity contribution in [3.05, 3.63) is 229 Å². The van der Waals surface area contributed by atoms with Gasteiger partial charge < -0.3 is 15.5 Å². The first-order valence-electron chi connectivity index (χ1n) is 20.9. The van der Waals surface area contributed by atoms with Crippen LogP contribution in [0.2, 0.25) is 0 Å². The molecule has 8 aromatic rings. The molecule has 10 rings (SSSR count). The summed E-state index contributed by atoms with van der Waals surface area (Å²) in [5.74, 6) is 0.429. The second kappa shape index (κ2) is 16.1. The van der Waals surface area contributed by atoms with Gasteiger partial charge in [0, 0.05) is 16.9 Å². The molecule has 0 amide bonds. The van der Waals surface area contributed by atoms with Crippen LogP contribution in [-0.4, -0.2) is 11.9 Å². The van der Waals surface area contributed by atoms with Gasteiger partial charge in [-0.05, 0) is 104 Å². The maximum atomic E-state index is 5.38. The van der Waals surface area contributed by atoms with E-state index < -0.39 is 0 Å². The number of nitrogens with zero attached hydrogens (tertiary/aromatic N) is 2. The van der Waals surface area contributed by atoms with Crippen LogP contribution in [-0.2, 0) is 0 Å². The van der Waals surface area contributed by atoms with E-state index in [0.29, 0.717) is 5.92 Å². The van der Waals surface area contributed by atoms with E-state index in [0.717, 1.165) is 39.2 Å². The molecule has 2 aliphatic rings. The van der Waals surface area contributed by atoms with E-state index in [1.807, 2.05) is 0 Å². The van der Waals surface area contributed by atoms with Crippen molar-refractivity contribution in [1.82, 2.24) is 5.32 Å². The Bertz CT molecular complexity index is 2860. The normalized spacial score (nSPS) is 15.8. The van der Waals surface area contributed by atoms with E-state index >= 15 is 0 Å². The Morgan fingerprint density at radius 2 is 1.00 bits per heavy atom. The minimum absolute atomic E-state index is 0.193. The van der Waals surface area contributed by atoms with E-state index in [1.54, 1.807) is 0 Å². The van der Waals surface area contributed by atoms with Gasteiger partial charge in [-0.15, -0.1) is 0 Å². The number of benzene rings is 8. The summed E-state index contributed by atoms with van der Waals surface area (Å²) in [7, 11) is 0. The zero-order valence-electron chi connectivity index (χ0n) is 33.8. The highest BCUT2D eigenvalue weighted by Crippen LogP contribution is 2.43. The number of hydrogen-bond acceptors (Lipinski definition) is 4. The topological polar surface area (TPSA) is 39.7 Å². The number of anilines is 3. The molecule has 60 heavy (non-hydrogen) atoms. The molecular weight excluding hydrogens is 729 g/mol. The number of allylic oxidation sites excluding steroid dienone is 1. The Labute approximate surface area is 353 Å². The van der Waals surface area contributed by atoms with Gasteiger partial charge in [-0.3, -0.25) is 4.99 Å². The van der Waals surface area contributed by atoms with Crippen LogP contribution in [0.4, 0.5) is 17.1 Å². The highest BCUT2D eigenvalue weighted by molar-refractivity contribution is 6.16. The average Bonchev–Trinajstić information content (AvgIpc) is 3.73. The second-order valence-electron chi connectivity index (χ2n) is 16.0. The van der Waals surface area contributed by atoms with E-state index in [1.165, 1.54) is 50.4 Å². The Hall–Kier alpha value is -7.43. The first-order chi connectivity index (χ1) is 29.6. The van der Waals surface area contributed by atoms with Gasteiger partial charge in [0.2, 0.25) is 0 Å². The van der Waals surface area contributed by atoms with Crippen molar-refractivity contribution < 1.29 is 0 Å². The van der Waals surface area contributed by atoms with E-state index in [4.69, 9.17) is 4.99 Å². The minimum atomic E-state index is -0.266. The van der Waals surface area contributed by atoms with E-state index in [-0.39, 0.29) is 12.3 Å². The third-order valence-corrected chi connectivity index (χ3v) is 11.7. The molecule has 2 atom stereocenters. The van der Waals surface area contributed by atoms with Gasteiger partial charge in [0.05, 0.1) is 17.1 Å². The summed E-state index contributed by atoms with van der Waals surface area (Å²) in [6.07, 6.45) is 2.12. The predicted molar refractivity (Wildman–Crippen MR) is 252 cm³/mol. The van der Waals surface area contributed by atoms with Crippen molar-refractivity contribution in [1.29, 1.82) is 0 Å². The van der Waals surface area contributed by atoms with Crippen LogP contribution in [0.15, 0.2) is 217 Å². The van der Waals surface area contributed by atoms with Crippen molar-refractivity contribution in [2.75, 3.05) is 10.2 Å². The molecule has 8 aromatic carbocycles. The molecule has 4 nitrogen and oxygen atoms in total. The van der Waals surface area contributed by atoms with Crippen LogP contribution in [0.5, 0.6) is 0 Å². The number of rotatable bonds is 9. The molecule has 2 aliphatic heterocycles. The zero-order chi connectivity index (χ0) is 40.4. The van der Waals surface area contributed by atoms with Crippen molar-refractivity contribution in [3.63, 3.8) is 0 Å². The fraction of sp³-hybridized carbons (Fsp3) is 0.0893. The molecule has 0 radical (unpaired) electrons. The van der Waals surface area contributed by atoms with Crippen molar-refractivity contribution in [2.24, 2.45) is 10.9 Å². The molecule has 0 spiro atoms. The van der Waals surface area contributed by atoms with Crippen molar-refractivity contribution >= 4 is 28.5 Å². The van der Waals surface area contributed by atoms with Crippen LogP contribution in [0, 0.1) is 5.92 Å². The highest BCUT2D eigenvalue weighted by Gasteiger charge is 2.32. The Morgan fingerprint density at radius 1 is 0.450 bits per heavy atom. The number of para-hydroxylation sites is 2. The van der Waals surface area contributed by atoms with Crippen molar-refractivity contribution in [3.8, 4) is 44.5 Å². The van der Waals surface area contributed by atoms with Gasteiger partial charge >= 0.3 is 0 Å². The Balaban J connectivity index is 0.933. The molecule has 290 valence electrons. The van der Waals surface area contributed by atoms with Crippen LogP contribution in [0.1, 0.15) is 36.7 Å². The number of nitrogens with one attached hydrogen (secondary N) is 2. The van der Waals surface area contributed by atoms with Gasteiger partial charge in [0.25, 0.3) is 0 Å². The monoisotopic (exact) mass is 774 g/mol. The molecule has 0 bridgehead atoms. The summed E-state index contributed by atoms with van der Waals surface area (Å²) in [4.78, 5) is 7.82. The standard InChI is InChI=1S/C56H46N4/c1-38(2)56-59-51-28-11-12-29-54(51)60(56)48-25-15-23-46(36-48)45-22-13-20-43(34-45)39-30-32-40(33-31-39)44-21-14-24-47(35-44)55-57-52(42-18-7-4-8-19-42)37-53(58-55)50-27-10-9-26-49(50)41-16-5-3-6-17-41/h3-38,55-57,59H,1-2H3. The second-order valence-corrected chi connectivity index (χ2v) is 16.0. The zero-order valence-corrected chi connectivity index (χ0v) is 33.8. The minimum Gasteiger partial charge on any atom is -0.363 e. The van der Waals surface area contributed by atoms with E-state index in [2.05, 4.69) is 242 Å². The van der Waals surface area contributed by atoms with Gasteiger partial charge in [-0.25, -0.2) is 0 Å². The number of fused-ring (bicyclic) bond motifs is 1. The molecular formula is C56H46N4. The lowest BCUT2D eigenvalue weighted by atomic mass is 9.94. The Morgan fingerprint density at radius 3 is 1.72 bits per heavy atom. The number of hydrogen-bond donors (Lipinski definition) is 2. The van der Waals surface area contributed by atoms with Gasteiger partial charge in [0.1, 0.15) is 12.3 Å². The highest BCUT2D eigenvalue weighted by atomic mass is 15.3. The SMILES string of the molecule is CC(C)C1Nc2ccccc2N1c1cccc(-c2cccc(-c3ccc(-c4cccc(C5N=C(c6ccccc6-c6ccccc6)C=C(c6ccccc6)N5)c4)cc3)c2)c1. The largest absolute Gasteiger partial charge is 0.363 e. The molecule has 0 saturated heterocycles. The van der Waals surface area contributed by atoms with Crippen LogP contribution in [0.25, 0.3) is 50.2 Å². The molecule has 0 aliphatic carbocycles.